The van der Waals surface area contributed by atoms with Crippen LogP contribution in [0.15, 0.2) is 23.1 Å². The predicted octanol–water partition coefficient (Wildman–Crippen LogP) is 2.67. The second kappa shape index (κ2) is 8.93. The van der Waals surface area contributed by atoms with E-state index in [0.717, 1.165) is 30.5 Å². The fraction of sp³-hybridized carbons (Fsp3) is 0.619. The number of piperidine rings is 1. The fourth-order valence-corrected chi connectivity index (χ4v) is 5.34. The summed E-state index contributed by atoms with van der Waals surface area (Å²) in [6, 6.07) is 5.01. The van der Waals surface area contributed by atoms with Crippen molar-refractivity contribution < 1.29 is 22.7 Å². The Labute approximate surface area is 178 Å². The van der Waals surface area contributed by atoms with Crippen molar-refractivity contribution in [2.75, 3.05) is 31.1 Å². The molecular weight excluding hydrogens is 406 g/mol. The van der Waals surface area contributed by atoms with E-state index in [9.17, 15) is 18.0 Å². The minimum absolute atomic E-state index is 0.114. The van der Waals surface area contributed by atoms with Crippen molar-refractivity contribution in [3.05, 3.63) is 23.8 Å². The summed E-state index contributed by atoms with van der Waals surface area (Å²) in [7, 11) is -3.49. The second-order valence-electron chi connectivity index (χ2n) is 8.73. The van der Waals surface area contributed by atoms with Gasteiger partial charge in [-0.1, -0.05) is 6.42 Å². The number of benzene rings is 1. The van der Waals surface area contributed by atoms with Crippen LogP contribution in [-0.2, 0) is 26.0 Å². The number of alkyl carbamates (subject to hydrolysis) is 1. The van der Waals surface area contributed by atoms with Gasteiger partial charge in [-0.3, -0.25) is 4.79 Å². The van der Waals surface area contributed by atoms with E-state index >= 15 is 0 Å². The summed E-state index contributed by atoms with van der Waals surface area (Å²) in [5, 5.41) is 2.59. The third-order valence-electron chi connectivity index (χ3n) is 5.21. The molecule has 2 heterocycles. The zero-order chi connectivity index (χ0) is 21.9. The number of nitrogens with one attached hydrogen (secondary N) is 1. The van der Waals surface area contributed by atoms with Gasteiger partial charge in [0.15, 0.2) is 0 Å². The molecule has 1 N–H and O–H groups in total. The standard InChI is InChI=1S/C21H31N3O5S/c1-21(2,3)29-20(26)22-11-9-19(25)24-14-10-16-15-17(7-8-18(16)24)30(27,28)23-12-5-4-6-13-23/h7-8,15H,4-6,9-14H2,1-3H3,(H,22,26). The monoisotopic (exact) mass is 437 g/mol. The maximum absolute atomic E-state index is 12.9. The summed E-state index contributed by atoms with van der Waals surface area (Å²) < 4.78 is 32.5. The summed E-state index contributed by atoms with van der Waals surface area (Å²) in [5.74, 6) is -0.114. The lowest BCUT2D eigenvalue weighted by atomic mass is 10.2. The van der Waals surface area contributed by atoms with E-state index in [1.807, 2.05) is 0 Å². The first-order valence-electron chi connectivity index (χ1n) is 10.5. The molecule has 2 aliphatic heterocycles. The van der Waals surface area contributed by atoms with E-state index in [1.165, 1.54) is 0 Å². The van der Waals surface area contributed by atoms with Crippen LogP contribution in [0.1, 0.15) is 52.0 Å². The summed E-state index contributed by atoms with van der Waals surface area (Å²) in [4.78, 5) is 26.3. The molecule has 166 valence electrons. The van der Waals surface area contributed by atoms with Gasteiger partial charge in [0, 0.05) is 38.3 Å². The van der Waals surface area contributed by atoms with E-state index in [2.05, 4.69) is 5.32 Å². The van der Waals surface area contributed by atoms with Gasteiger partial charge in [-0.05, 0) is 63.8 Å². The van der Waals surface area contributed by atoms with Crippen LogP contribution < -0.4 is 10.2 Å². The highest BCUT2D eigenvalue weighted by Crippen LogP contribution is 2.32. The van der Waals surface area contributed by atoms with Gasteiger partial charge in [0.2, 0.25) is 15.9 Å². The Kier molecular flexibility index (Phi) is 6.71. The van der Waals surface area contributed by atoms with E-state index in [-0.39, 0.29) is 18.9 Å². The van der Waals surface area contributed by atoms with Crippen LogP contribution in [0, 0.1) is 0 Å². The molecule has 0 bridgehead atoms. The third-order valence-corrected chi connectivity index (χ3v) is 7.10. The Hall–Kier alpha value is -2.13. The van der Waals surface area contributed by atoms with Crippen molar-refractivity contribution in [3.8, 4) is 0 Å². The largest absolute Gasteiger partial charge is 0.444 e. The van der Waals surface area contributed by atoms with Crippen molar-refractivity contribution in [1.29, 1.82) is 0 Å². The van der Waals surface area contributed by atoms with Crippen molar-refractivity contribution in [2.24, 2.45) is 0 Å². The number of sulfonamides is 1. The normalized spacial score (nSPS) is 17.5. The smallest absolute Gasteiger partial charge is 0.407 e. The van der Waals surface area contributed by atoms with Gasteiger partial charge >= 0.3 is 6.09 Å². The first-order chi connectivity index (χ1) is 14.1. The Balaban J connectivity index is 1.61. The number of amides is 2. The molecule has 0 unspecified atom stereocenters. The van der Waals surface area contributed by atoms with Crippen LogP contribution in [0.2, 0.25) is 0 Å². The highest BCUT2D eigenvalue weighted by atomic mass is 32.2. The highest BCUT2D eigenvalue weighted by molar-refractivity contribution is 7.89. The topological polar surface area (TPSA) is 96.0 Å². The molecule has 0 aliphatic carbocycles. The van der Waals surface area contributed by atoms with Gasteiger partial charge in [0.25, 0.3) is 0 Å². The molecule has 0 atom stereocenters. The summed E-state index contributed by atoms with van der Waals surface area (Å²) >= 11 is 0. The average Bonchev–Trinajstić information content (AvgIpc) is 3.10. The Morgan fingerprint density at radius 1 is 1.10 bits per heavy atom. The first-order valence-corrected chi connectivity index (χ1v) is 11.9. The summed E-state index contributed by atoms with van der Waals surface area (Å²) in [6.07, 6.45) is 3.06. The highest BCUT2D eigenvalue weighted by Gasteiger charge is 2.30. The van der Waals surface area contributed by atoms with Crippen molar-refractivity contribution in [1.82, 2.24) is 9.62 Å². The number of rotatable bonds is 5. The molecule has 0 aromatic heterocycles. The van der Waals surface area contributed by atoms with E-state index < -0.39 is 21.7 Å². The van der Waals surface area contributed by atoms with Crippen LogP contribution in [0.5, 0.6) is 0 Å². The number of fused-ring (bicyclic) bond motifs is 1. The minimum Gasteiger partial charge on any atom is -0.444 e. The number of anilines is 1. The maximum Gasteiger partial charge on any atom is 0.407 e. The van der Waals surface area contributed by atoms with Gasteiger partial charge in [-0.2, -0.15) is 4.31 Å². The number of nitrogens with zero attached hydrogens (tertiary/aromatic N) is 2. The van der Waals surface area contributed by atoms with Crippen LogP contribution in [0.4, 0.5) is 10.5 Å². The molecule has 8 nitrogen and oxygen atoms in total. The lowest BCUT2D eigenvalue weighted by molar-refractivity contribution is -0.118. The van der Waals surface area contributed by atoms with Crippen molar-refractivity contribution in [3.63, 3.8) is 0 Å². The molecule has 2 aliphatic rings. The lowest BCUT2D eigenvalue weighted by Crippen LogP contribution is -2.36. The molecule has 3 rings (SSSR count). The third kappa shape index (κ3) is 5.31. The van der Waals surface area contributed by atoms with E-state index in [4.69, 9.17) is 4.74 Å². The molecule has 1 aromatic carbocycles. The SMILES string of the molecule is CC(C)(C)OC(=O)NCCC(=O)N1CCc2cc(S(=O)(=O)N3CCCCC3)ccc21. The van der Waals surface area contributed by atoms with Crippen LogP contribution >= 0.6 is 0 Å². The molecule has 30 heavy (non-hydrogen) atoms. The molecule has 2 amide bonds. The minimum atomic E-state index is -3.49. The molecule has 9 heteroatoms. The molecule has 1 saturated heterocycles. The zero-order valence-electron chi connectivity index (χ0n) is 17.9. The molecule has 0 radical (unpaired) electrons. The van der Waals surface area contributed by atoms with Crippen molar-refractivity contribution in [2.45, 2.75) is 63.4 Å². The molecule has 1 aromatic rings. The Morgan fingerprint density at radius 2 is 1.80 bits per heavy atom. The number of carbonyl (C=O) groups is 2. The Morgan fingerprint density at radius 3 is 2.47 bits per heavy atom. The van der Waals surface area contributed by atoms with Gasteiger partial charge in [-0.25, -0.2) is 13.2 Å². The number of hydrogen-bond donors (Lipinski definition) is 1. The summed E-state index contributed by atoms with van der Waals surface area (Å²) in [5.41, 5.74) is 1.02. The quantitative estimate of drug-likeness (QED) is 0.764. The summed E-state index contributed by atoms with van der Waals surface area (Å²) in [6.45, 7) is 7.15. The molecule has 0 spiro atoms. The average molecular weight is 438 g/mol. The number of carbonyl (C=O) groups excluding carboxylic acids is 2. The van der Waals surface area contributed by atoms with Crippen LogP contribution in [0.25, 0.3) is 0 Å². The first kappa shape index (κ1) is 22.6. The van der Waals surface area contributed by atoms with Gasteiger partial charge < -0.3 is 15.0 Å². The fourth-order valence-electron chi connectivity index (χ4n) is 3.77. The van der Waals surface area contributed by atoms with Gasteiger partial charge in [0.05, 0.1) is 4.90 Å². The maximum atomic E-state index is 12.9. The van der Waals surface area contributed by atoms with Crippen LogP contribution in [-0.4, -0.2) is 56.5 Å². The number of ether oxygens (including phenoxy) is 1. The Bertz CT molecular complexity index is 902. The zero-order valence-corrected chi connectivity index (χ0v) is 18.8. The van der Waals surface area contributed by atoms with Gasteiger partial charge in [-0.15, -0.1) is 0 Å². The van der Waals surface area contributed by atoms with E-state index in [1.54, 1.807) is 48.2 Å². The molecule has 0 saturated carbocycles. The van der Waals surface area contributed by atoms with Crippen LogP contribution in [0.3, 0.4) is 0 Å². The lowest BCUT2D eigenvalue weighted by Gasteiger charge is -2.26. The predicted molar refractivity (Wildman–Crippen MR) is 114 cm³/mol. The second-order valence-corrected chi connectivity index (χ2v) is 10.7. The van der Waals surface area contributed by atoms with Gasteiger partial charge in [0.1, 0.15) is 5.60 Å². The number of hydrogen-bond acceptors (Lipinski definition) is 5. The molecule has 1 fully saturated rings. The molecular formula is C21H31N3O5S. The van der Waals surface area contributed by atoms with E-state index in [0.29, 0.717) is 31.0 Å². The van der Waals surface area contributed by atoms with Crippen molar-refractivity contribution >= 4 is 27.7 Å².